The van der Waals surface area contributed by atoms with Crippen molar-refractivity contribution in [1.82, 2.24) is 9.97 Å². The minimum atomic E-state index is 0.388. The molecular formula is C30H28N4O4. The first kappa shape index (κ1) is 25.3. The summed E-state index contributed by atoms with van der Waals surface area (Å²) in [6.07, 6.45) is 3.43. The van der Waals surface area contributed by atoms with E-state index < -0.39 is 0 Å². The fourth-order valence-electron chi connectivity index (χ4n) is 3.72. The number of pyridine rings is 2. The topological polar surface area (TPSA) is 87.4 Å². The summed E-state index contributed by atoms with van der Waals surface area (Å²) < 4.78 is 23.4. The lowest BCUT2D eigenvalue weighted by Gasteiger charge is -2.11. The van der Waals surface area contributed by atoms with Crippen LogP contribution in [0.25, 0.3) is 0 Å². The second-order valence-electron chi connectivity index (χ2n) is 8.36. The van der Waals surface area contributed by atoms with Crippen molar-refractivity contribution in [3.8, 4) is 11.5 Å². The molecule has 0 atom stereocenters. The Bertz CT molecular complexity index is 1310. The predicted molar refractivity (Wildman–Crippen MR) is 146 cm³/mol. The Kier molecular flexibility index (Phi) is 8.80. The third-order valence-electron chi connectivity index (χ3n) is 5.53. The molecule has 0 amide bonds. The van der Waals surface area contributed by atoms with Crippen molar-refractivity contribution in [3.05, 3.63) is 108 Å². The summed E-state index contributed by atoms with van der Waals surface area (Å²) in [5, 5.41) is 0. The molecule has 8 heteroatoms. The third-order valence-corrected chi connectivity index (χ3v) is 5.53. The number of hydrogen-bond donors (Lipinski definition) is 0. The van der Waals surface area contributed by atoms with E-state index >= 15 is 0 Å². The summed E-state index contributed by atoms with van der Waals surface area (Å²) in [7, 11) is 0. The molecule has 4 aromatic rings. The van der Waals surface area contributed by atoms with Gasteiger partial charge in [0.25, 0.3) is 0 Å². The summed E-state index contributed by atoms with van der Waals surface area (Å²) in [4.78, 5) is 18.5. The molecule has 3 heterocycles. The number of hydrogen-bond acceptors (Lipinski definition) is 8. The molecule has 38 heavy (non-hydrogen) atoms. The molecule has 5 rings (SSSR count). The van der Waals surface area contributed by atoms with Gasteiger partial charge in [0, 0.05) is 0 Å². The van der Waals surface area contributed by atoms with Gasteiger partial charge >= 0.3 is 0 Å². The van der Waals surface area contributed by atoms with Crippen LogP contribution in [-0.4, -0.2) is 48.8 Å². The monoisotopic (exact) mass is 508 g/mol. The molecule has 1 aliphatic rings. The summed E-state index contributed by atoms with van der Waals surface area (Å²) in [5.74, 6) is 1.35. The maximum Gasteiger partial charge on any atom is 0.145 e. The number of ether oxygens (including phenoxy) is 4. The molecule has 0 aliphatic carbocycles. The van der Waals surface area contributed by atoms with Gasteiger partial charge in [-0.05, 0) is 48.5 Å². The zero-order valence-electron chi connectivity index (χ0n) is 20.9. The van der Waals surface area contributed by atoms with Gasteiger partial charge in [-0.25, -0.2) is 4.98 Å². The highest BCUT2D eigenvalue weighted by atomic mass is 16.5. The van der Waals surface area contributed by atoms with Crippen LogP contribution in [0.5, 0.6) is 11.5 Å². The summed E-state index contributed by atoms with van der Waals surface area (Å²) in [5.41, 5.74) is 4.51. The number of aliphatic imine (C=N–C) groups is 2. The Morgan fingerprint density at radius 3 is 1.53 bits per heavy atom. The van der Waals surface area contributed by atoms with Crippen LogP contribution in [0.3, 0.4) is 0 Å². The first-order valence-electron chi connectivity index (χ1n) is 12.4. The van der Waals surface area contributed by atoms with Gasteiger partial charge in [-0.1, -0.05) is 36.4 Å². The molecule has 0 unspecified atom stereocenters. The Hall–Kier alpha value is -4.40. The second kappa shape index (κ2) is 13.2. The Morgan fingerprint density at radius 2 is 0.974 bits per heavy atom. The van der Waals surface area contributed by atoms with E-state index in [2.05, 4.69) is 20.0 Å². The zero-order chi connectivity index (χ0) is 25.8. The van der Waals surface area contributed by atoms with Crippen molar-refractivity contribution in [2.75, 3.05) is 26.4 Å². The molecule has 0 N–H and O–H groups in total. The van der Waals surface area contributed by atoms with E-state index in [0.717, 1.165) is 11.4 Å². The van der Waals surface area contributed by atoms with Gasteiger partial charge in [-0.3, -0.25) is 15.0 Å². The van der Waals surface area contributed by atoms with Crippen molar-refractivity contribution in [2.24, 2.45) is 9.98 Å². The minimum Gasteiger partial charge on any atom is -0.489 e. The second-order valence-corrected chi connectivity index (χ2v) is 8.36. The Balaban J connectivity index is 1.37. The van der Waals surface area contributed by atoms with E-state index in [-0.39, 0.29) is 0 Å². The fraction of sp³-hybridized carbons (Fsp3) is 0.200. The predicted octanol–water partition coefficient (Wildman–Crippen LogP) is 5.48. The average Bonchev–Trinajstić information content (AvgIpc) is 2.96. The van der Waals surface area contributed by atoms with Crippen molar-refractivity contribution in [2.45, 2.75) is 13.2 Å². The molecule has 0 spiro atoms. The van der Waals surface area contributed by atoms with E-state index in [1.165, 1.54) is 0 Å². The molecule has 1 aliphatic heterocycles. The molecule has 4 bridgehead atoms. The van der Waals surface area contributed by atoms with Crippen molar-refractivity contribution in [3.63, 3.8) is 0 Å². The third kappa shape index (κ3) is 7.32. The summed E-state index contributed by atoms with van der Waals surface area (Å²) >= 11 is 0. The van der Waals surface area contributed by atoms with Gasteiger partial charge in [0.15, 0.2) is 0 Å². The van der Waals surface area contributed by atoms with Gasteiger partial charge < -0.3 is 18.9 Å². The van der Waals surface area contributed by atoms with E-state index in [1.54, 1.807) is 12.4 Å². The minimum absolute atomic E-state index is 0.388. The Morgan fingerprint density at radius 1 is 0.474 bits per heavy atom. The van der Waals surface area contributed by atoms with E-state index in [9.17, 15) is 0 Å². The van der Waals surface area contributed by atoms with Crippen LogP contribution < -0.4 is 9.47 Å². The number of aromatic nitrogens is 2. The first-order chi connectivity index (χ1) is 18.8. The molecule has 0 saturated heterocycles. The van der Waals surface area contributed by atoms with Gasteiger partial charge in [-0.2, -0.15) is 0 Å². The van der Waals surface area contributed by atoms with Crippen LogP contribution in [0, 0.1) is 0 Å². The number of nitrogens with zero attached hydrogens (tertiary/aromatic N) is 4. The molecule has 2 aromatic carbocycles. The van der Waals surface area contributed by atoms with Gasteiger partial charge in [0.2, 0.25) is 0 Å². The molecular weight excluding hydrogens is 480 g/mol. The normalized spacial score (nSPS) is 14.7. The largest absolute Gasteiger partial charge is 0.489 e. The number of benzene rings is 2. The van der Waals surface area contributed by atoms with Crippen molar-refractivity contribution < 1.29 is 18.9 Å². The highest BCUT2D eigenvalue weighted by molar-refractivity contribution is 5.84. The quantitative estimate of drug-likeness (QED) is 0.313. The van der Waals surface area contributed by atoms with Crippen LogP contribution in [0.2, 0.25) is 0 Å². The lowest BCUT2D eigenvalue weighted by molar-refractivity contribution is 0.0821. The van der Waals surface area contributed by atoms with Crippen LogP contribution >= 0.6 is 0 Å². The van der Waals surface area contributed by atoms with Crippen LogP contribution in [-0.2, 0) is 22.7 Å². The number of para-hydroxylation sites is 4. The van der Waals surface area contributed by atoms with Crippen LogP contribution in [0.1, 0.15) is 22.8 Å². The number of fused-ring (bicyclic) bond motifs is 6. The highest BCUT2D eigenvalue weighted by Crippen LogP contribution is 2.27. The maximum atomic E-state index is 5.94. The smallest absolute Gasteiger partial charge is 0.145 e. The van der Waals surface area contributed by atoms with Crippen molar-refractivity contribution in [1.29, 1.82) is 0 Å². The summed E-state index contributed by atoms with van der Waals surface area (Å²) in [6.45, 7) is 2.39. The molecule has 2 aromatic heterocycles. The van der Waals surface area contributed by atoms with Gasteiger partial charge in [0.05, 0.1) is 61.6 Å². The van der Waals surface area contributed by atoms with E-state index in [1.807, 2.05) is 84.9 Å². The molecule has 8 nitrogen and oxygen atoms in total. The highest BCUT2D eigenvalue weighted by Gasteiger charge is 2.05. The van der Waals surface area contributed by atoms with Gasteiger partial charge in [0.1, 0.15) is 36.1 Å². The average molecular weight is 509 g/mol. The van der Waals surface area contributed by atoms with Crippen molar-refractivity contribution >= 4 is 23.8 Å². The molecule has 0 radical (unpaired) electrons. The fourth-order valence-corrected chi connectivity index (χ4v) is 3.72. The maximum absolute atomic E-state index is 5.94. The molecule has 192 valence electrons. The lowest BCUT2D eigenvalue weighted by atomic mass is 10.3. The van der Waals surface area contributed by atoms with Crippen LogP contribution in [0.15, 0.2) is 94.9 Å². The van der Waals surface area contributed by atoms with E-state index in [4.69, 9.17) is 18.9 Å². The van der Waals surface area contributed by atoms with E-state index in [0.29, 0.717) is 73.9 Å². The Labute approximate surface area is 221 Å². The van der Waals surface area contributed by atoms with Gasteiger partial charge in [-0.15, -0.1) is 0 Å². The number of rotatable bonds is 0. The SMILES string of the molecule is C1=Nc2ccccc2OCCOCc2cccc(n2)COCCOc2ccccc2N=Cc2cccc1n2. The molecule has 0 fully saturated rings. The van der Waals surface area contributed by atoms with Crippen LogP contribution in [0.4, 0.5) is 11.4 Å². The first-order valence-corrected chi connectivity index (χ1v) is 12.4. The summed E-state index contributed by atoms with van der Waals surface area (Å²) in [6, 6.07) is 26.8. The lowest BCUT2D eigenvalue weighted by Crippen LogP contribution is -2.09. The zero-order valence-corrected chi connectivity index (χ0v) is 20.9. The molecule has 0 saturated carbocycles. The standard InChI is InChI=1S/C30H28N4O4/c1-3-13-29-27(11-1)31-19-23-7-5-8-24(33-23)20-32-28-12-2-4-14-30(28)38-18-16-36-22-26-10-6-9-25(34-26)21-35-15-17-37-29/h1-14,19-20H,15-18,21-22H2.